The normalized spacial score (nSPS) is 23.6. The third-order valence-corrected chi connectivity index (χ3v) is 4.69. The van der Waals surface area contributed by atoms with Crippen LogP contribution in [0.4, 0.5) is 18.0 Å². The number of carbonyl (C=O) groups is 2. The van der Waals surface area contributed by atoms with Crippen molar-refractivity contribution in [2.75, 3.05) is 19.3 Å². The van der Waals surface area contributed by atoms with Gasteiger partial charge in [-0.15, -0.1) is 0 Å². The molecule has 0 aromatic heterocycles. The van der Waals surface area contributed by atoms with Gasteiger partial charge in [0.15, 0.2) is 0 Å². The number of hydrogen-bond acceptors (Lipinski definition) is 3. The van der Waals surface area contributed by atoms with Gasteiger partial charge in [0.05, 0.1) is 15.0 Å². The van der Waals surface area contributed by atoms with Crippen LogP contribution in [0, 0.1) is 0 Å². The summed E-state index contributed by atoms with van der Waals surface area (Å²) in [4.78, 5) is 22.2. The topological polar surface area (TPSA) is 87.0 Å². The molecule has 0 radical (unpaired) electrons. The number of halogens is 3. The van der Waals surface area contributed by atoms with Gasteiger partial charge < -0.3 is 10.0 Å². The minimum Gasteiger partial charge on any atom is -0.465 e. The lowest BCUT2D eigenvalue weighted by Crippen LogP contribution is -2.31. The van der Waals surface area contributed by atoms with Gasteiger partial charge >= 0.3 is 18.2 Å². The largest absolute Gasteiger partial charge is 0.474 e. The van der Waals surface area contributed by atoms with Crippen LogP contribution in [-0.4, -0.2) is 57.0 Å². The molecule has 0 aromatic carbocycles. The first-order chi connectivity index (χ1) is 8.04. The number of amides is 2. The first-order valence-corrected chi connectivity index (χ1v) is 6.82. The molecule has 1 rings (SSSR count). The molecule has 1 aliphatic rings. The van der Waals surface area contributed by atoms with Crippen LogP contribution in [0.25, 0.3) is 0 Å². The van der Waals surface area contributed by atoms with E-state index in [4.69, 9.17) is 5.11 Å². The highest BCUT2D eigenvalue weighted by Gasteiger charge is 2.41. The van der Waals surface area contributed by atoms with Crippen LogP contribution in [-0.2, 0) is 14.5 Å². The van der Waals surface area contributed by atoms with Crippen molar-refractivity contribution >= 4 is 21.7 Å². The average molecular weight is 288 g/mol. The molecule has 6 nitrogen and oxygen atoms in total. The molecular weight excluding hydrogens is 277 g/mol. The summed E-state index contributed by atoms with van der Waals surface area (Å²) >= 11 is 0. The Morgan fingerprint density at radius 2 is 2.00 bits per heavy atom. The molecule has 1 unspecified atom stereocenters. The van der Waals surface area contributed by atoms with Gasteiger partial charge in [-0.1, -0.05) is 0 Å². The lowest BCUT2D eigenvalue weighted by Gasteiger charge is -2.13. The SMILES string of the molecule is CS(=O)(=NC(=O)C(F)(F)F)[C@@H]1CCN(C(=O)O)C1. The van der Waals surface area contributed by atoms with Crippen molar-refractivity contribution in [3.63, 3.8) is 0 Å². The first-order valence-electron chi connectivity index (χ1n) is 4.84. The van der Waals surface area contributed by atoms with E-state index < -0.39 is 33.2 Å². The Balaban J connectivity index is 2.89. The van der Waals surface area contributed by atoms with Crippen molar-refractivity contribution in [2.45, 2.75) is 17.8 Å². The summed E-state index contributed by atoms with van der Waals surface area (Å²) in [5.74, 6) is -2.40. The maximum atomic E-state index is 12.0. The van der Waals surface area contributed by atoms with E-state index in [1.807, 2.05) is 0 Å². The van der Waals surface area contributed by atoms with Crippen LogP contribution in [0.3, 0.4) is 0 Å². The van der Waals surface area contributed by atoms with Crippen LogP contribution in [0.5, 0.6) is 0 Å². The van der Waals surface area contributed by atoms with Gasteiger partial charge in [-0.25, -0.2) is 9.00 Å². The summed E-state index contributed by atoms with van der Waals surface area (Å²) in [6, 6.07) is 0. The molecular formula is C8H11F3N2O4S. The number of carboxylic acid groups (broad SMARTS) is 1. The zero-order chi connectivity index (χ0) is 14.1. The summed E-state index contributed by atoms with van der Waals surface area (Å²) in [7, 11) is -3.41. The smallest absolute Gasteiger partial charge is 0.465 e. The van der Waals surface area contributed by atoms with E-state index in [2.05, 4.69) is 4.36 Å². The Labute approximate surface area is 101 Å². The highest BCUT2D eigenvalue weighted by atomic mass is 32.2. The Kier molecular flexibility index (Phi) is 3.89. The van der Waals surface area contributed by atoms with Crippen molar-refractivity contribution < 1.29 is 32.1 Å². The fourth-order valence-corrected chi connectivity index (χ4v) is 3.13. The number of likely N-dealkylation sites (tertiary alicyclic amines) is 1. The molecule has 2 amide bonds. The van der Waals surface area contributed by atoms with Crippen LogP contribution in [0.1, 0.15) is 6.42 Å². The Morgan fingerprint density at radius 3 is 2.39 bits per heavy atom. The van der Waals surface area contributed by atoms with Crippen LogP contribution >= 0.6 is 0 Å². The molecule has 0 spiro atoms. The molecule has 2 atom stereocenters. The molecule has 1 saturated heterocycles. The molecule has 1 aliphatic heterocycles. The molecule has 10 heteroatoms. The fraction of sp³-hybridized carbons (Fsp3) is 0.750. The highest BCUT2D eigenvalue weighted by molar-refractivity contribution is 7.93. The summed E-state index contributed by atoms with van der Waals surface area (Å²) in [5.41, 5.74) is 0. The van der Waals surface area contributed by atoms with Gasteiger partial charge in [-0.3, -0.25) is 4.79 Å². The fourth-order valence-electron chi connectivity index (χ4n) is 1.55. The quantitative estimate of drug-likeness (QED) is 0.777. The summed E-state index contributed by atoms with van der Waals surface area (Å²) in [6.45, 7) is -0.111. The van der Waals surface area contributed by atoms with Gasteiger partial charge in [0, 0.05) is 19.3 Å². The second-order valence-corrected chi connectivity index (χ2v) is 6.47. The predicted octanol–water partition coefficient (Wildman–Crippen LogP) is 0.925. The van der Waals surface area contributed by atoms with Crippen molar-refractivity contribution in [1.82, 2.24) is 4.90 Å². The monoisotopic (exact) mass is 288 g/mol. The number of alkyl halides is 3. The van der Waals surface area contributed by atoms with E-state index in [9.17, 15) is 27.0 Å². The van der Waals surface area contributed by atoms with E-state index in [0.717, 1.165) is 11.2 Å². The minimum absolute atomic E-state index is 0.0700. The van der Waals surface area contributed by atoms with Crippen molar-refractivity contribution in [3.05, 3.63) is 0 Å². The Bertz CT molecular complexity index is 481. The van der Waals surface area contributed by atoms with E-state index in [1.165, 1.54) is 0 Å². The lowest BCUT2D eigenvalue weighted by molar-refractivity contribution is -0.169. The van der Waals surface area contributed by atoms with E-state index in [0.29, 0.717) is 0 Å². The highest BCUT2D eigenvalue weighted by Crippen LogP contribution is 2.22. The molecule has 0 saturated carbocycles. The molecule has 1 N–H and O–H groups in total. The molecule has 104 valence electrons. The summed E-state index contributed by atoms with van der Waals surface area (Å²) in [6.07, 6.45) is -5.35. The van der Waals surface area contributed by atoms with Crippen molar-refractivity contribution in [3.8, 4) is 0 Å². The standard InChI is InChI=1S/C8H11F3N2O4S/c1-18(17,12-6(14)8(9,10)11)5-2-3-13(4-5)7(15)16/h5H,2-4H2,1H3,(H,15,16)/t5-,18?/m1/s1. The molecule has 0 aromatic rings. The van der Waals surface area contributed by atoms with Gasteiger partial charge in [-0.2, -0.15) is 17.5 Å². The maximum absolute atomic E-state index is 12.0. The maximum Gasteiger partial charge on any atom is 0.474 e. The third-order valence-electron chi connectivity index (χ3n) is 2.54. The first kappa shape index (κ1) is 14.7. The molecule has 0 aliphatic carbocycles. The summed E-state index contributed by atoms with van der Waals surface area (Å²) < 4.78 is 50.6. The average Bonchev–Trinajstić information content (AvgIpc) is 2.64. The minimum atomic E-state index is -5.16. The van der Waals surface area contributed by atoms with Gasteiger partial charge in [-0.05, 0) is 6.42 Å². The Morgan fingerprint density at radius 1 is 1.44 bits per heavy atom. The second kappa shape index (κ2) is 4.75. The van der Waals surface area contributed by atoms with Crippen LogP contribution in [0.15, 0.2) is 4.36 Å². The number of hydrogen-bond donors (Lipinski definition) is 1. The number of carbonyl (C=O) groups excluding carboxylic acids is 1. The van der Waals surface area contributed by atoms with Gasteiger partial charge in [0.1, 0.15) is 0 Å². The van der Waals surface area contributed by atoms with Crippen LogP contribution in [0.2, 0.25) is 0 Å². The summed E-state index contributed by atoms with van der Waals surface area (Å²) in [5, 5.41) is 7.80. The van der Waals surface area contributed by atoms with E-state index in [1.54, 1.807) is 0 Å². The molecule has 1 fully saturated rings. The molecule has 18 heavy (non-hydrogen) atoms. The van der Waals surface area contributed by atoms with E-state index in [-0.39, 0.29) is 19.5 Å². The zero-order valence-electron chi connectivity index (χ0n) is 9.31. The Hall–Kier alpha value is -1.32. The number of rotatable bonds is 1. The predicted molar refractivity (Wildman–Crippen MR) is 55.6 cm³/mol. The zero-order valence-corrected chi connectivity index (χ0v) is 10.1. The molecule has 1 heterocycles. The van der Waals surface area contributed by atoms with Crippen LogP contribution < -0.4 is 0 Å². The number of nitrogens with zero attached hydrogens (tertiary/aromatic N) is 2. The lowest BCUT2D eigenvalue weighted by atomic mass is 10.4. The van der Waals surface area contributed by atoms with Gasteiger partial charge in [0.2, 0.25) is 0 Å². The van der Waals surface area contributed by atoms with Crippen molar-refractivity contribution in [1.29, 1.82) is 0 Å². The van der Waals surface area contributed by atoms with Crippen molar-refractivity contribution in [2.24, 2.45) is 4.36 Å². The molecule has 0 bridgehead atoms. The second-order valence-electron chi connectivity index (χ2n) is 3.89. The van der Waals surface area contributed by atoms with E-state index >= 15 is 0 Å². The third kappa shape index (κ3) is 3.34. The van der Waals surface area contributed by atoms with Gasteiger partial charge in [0.25, 0.3) is 0 Å².